The molecule has 26 heavy (non-hydrogen) atoms. The highest BCUT2D eigenvalue weighted by Crippen LogP contribution is 2.40. The summed E-state index contributed by atoms with van der Waals surface area (Å²) in [7, 11) is 0. The number of hydrogen-bond donors (Lipinski definition) is 0. The van der Waals surface area contributed by atoms with Crippen molar-refractivity contribution in [3.8, 4) is 0 Å². The van der Waals surface area contributed by atoms with Gasteiger partial charge in [-0.3, -0.25) is 4.79 Å². The molecule has 1 saturated heterocycles. The number of benzene rings is 2. The smallest absolute Gasteiger partial charge is 0.147 e. The molecule has 0 saturated carbocycles. The Hall–Kier alpha value is -1.93. The van der Waals surface area contributed by atoms with Crippen LogP contribution in [0, 0.1) is 0 Å². The largest absolute Gasteiger partial charge is 0.301 e. The van der Waals surface area contributed by atoms with E-state index in [0.29, 0.717) is 18.2 Å². The standard InChI is InChI=1S/C24H31NO/c1-3-23(26)24(21-13-7-4-8-14-21,22-15-9-5-10-16-22)19-20(2)25-17-11-6-12-18-25/h4-5,7-10,13-16,20H,3,6,11-12,17-19H2,1-2H3/t20-/m0/s1. The molecule has 0 N–H and O–H groups in total. The van der Waals surface area contributed by atoms with Gasteiger partial charge in [0, 0.05) is 12.5 Å². The van der Waals surface area contributed by atoms with Gasteiger partial charge < -0.3 is 4.90 Å². The van der Waals surface area contributed by atoms with Crippen molar-refractivity contribution in [2.45, 2.75) is 57.4 Å². The van der Waals surface area contributed by atoms with Crippen molar-refractivity contribution in [1.82, 2.24) is 4.90 Å². The first-order valence-electron chi connectivity index (χ1n) is 10.1. The molecule has 2 aromatic carbocycles. The topological polar surface area (TPSA) is 20.3 Å². The normalized spacial score (nSPS) is 17.0. The van der Waals surface area contributed by atoms with Gasteiger partial charge in [0.25, 0.3) is 0 Å². The van der Waals surface area contributed by atoms with Crippen molar-refractivity contribution >= 4 is 5.78 Å². The summed E-state index contributed by atoms with van der Waals surface area (Å²) in [6.45, 7) is 6.60. The second-order valence-electron chi connectivity index (χ2n) is 7.56. The first-order valence-corrected chi connectivity index (χ1v) is 10.1. The van der Waals surface area contributed by atoms with Gasteiger partial charge in [-0.05, 0) is 50.4 Å². The number of hydrogen-bond acceptors (Lipinski definition) is 2. The Balaban J connectivity index is 2.06. The van der Waals surface area contributed by atoms with Gasteiger partial charge in [0.05, 0.1) is 5.41 Å². The molecule has 0 unspecified atom stereocenters. The van der Waals surface area contributed by atoms with E-state index in [1.54, 1.807) is 0 Å². The zero-order valence-electron chi connectivity index (χ0n) is 16.2. The molecule has 0 spiro atoms. The Bertz CT molecular complexity index is 649. The third kappa shape index (κ3) is 3.76. The molecular weight excluding hydrogens is 318 g/mol. The van der Waals surface area contributed by atoms with Crippen molar-refractivity contribution in [1.29, 1.82) is 0 Å². The number of nitrogens with zero attached hydrogens (tertiary/aromatic N) is 1. The van der Waals surface area contributed by atoms with E-state index in [1.165, 1.54) is 19.3 Å². The van der Waals surface area contributed by atoms with E-state index in [1.807, 2.05) is 19.1 Å². The number of rotatable bonds is 7. The summed E-state index contributed by atoms with van der Waals surface area (Å²) in [5.74, 6) is 0.318. The number of ketones is 1. The van der Waals surface area contributed by atoms with Crippen LogP contribution in [0.5, 0.6) is 0 Å². The maximum atomic E-state index is 13.4. The summed E-state index contributed by atoms with van der Waals surface area (Å²) in [5.41, 5.74) is 1.69. The van der Waals surface area contributed by atoms with Gasteiger partial charge in [-0.2, -0.15) is 0 Å². The maximum Gasteiger partial charge on any atom is 0.147 e. The molecule has 0 bridgehead atoms. The van der Waals surface area contributed by atoms with Crippen LogP contribution >= 0.6 is 0 Å². The molecule has 2 aromatic rings. The highest BCUT2D eigenvalue weighted by Gasteiger charge is 2.42. The van der Waals surface area contributed by atoms with Crippen molar-refractivity contribution < 1.29 is 4.79 Å². The number of carbonyl (C=O) groups excluding carboxylic acids is 1. The summed E-state index contributed by atoms with van der Waals surface area (Å²) < 4.78 is 0. The lowest BCUT2D eigenvalue weighted by molar-refractivity contribution is -0.123. The first kappa shape index (κ1) is 18.8. The predicted octanol–water partition coefficient (Wildman–Crippen LogP) is 5.22. The van der Waals surface area contributed by atoms with Gasteiger partial charge in [0.1, 0.15) is 5.78 Å². The molecule has 138 valence electrons. The van der Waals surface area contributed by atoms with E-state index in [9.17, 15) is 4.79 Å². The van der Waals surface area contributed by atoms with Crippen LogP contribution in [0.3, 0.4) is 0 Å². The molecule has 2 heteroatoms. The minimum absolute atomic E-state index is 0.318. The summed E-state index contributed by atoms with van der Waals surface area (Å²) in [6, 6.07) is 21.2. The van der Waals surface area contributed by atoms with E-state index in [2.05, 4.69) is 60.4 Å². The second kappa shape index (κ2) is 8.64. The summed E-state index contributed by atoms with van der Waals surface area (Å²) in [5, 5.41) is 0. The predicted molar refractivity (Wildman–Crippen MR) is 108 cm³/mol. The fourth-order valence-electron chi connectivity index (χ4n) is 4.52. The lowest BCUT2D eigenvalue weighted by Crippen LogP contribution is -2.46. The van der Waals surface area contributed by atoms with Crippen molar-refractivity contribution in [3.05, 3.63) is 71.8 Å². The van der Waals surface area contributed by atoms with Gasteiger partial charge >= 0.3 is 0 Å². The molecule has 0 aliphatic carbocycles. The van der Waals surface area contributed by atoms with Gasteiger partial charge in [-0.15, -0.1) is 0 Å². The van der Waals surface area contributed by atoms with Gasteiger partial charge in [0.15, 0.2) is 0 Å². The van der Waals surface area contributed by atoms with Crippen LogP contribution < -0.4 is 0 Å². The number of carbonyl (C=O) groups is 1. The van der Waals surface area contributed by atoms with Crippen LogP contribution in [0.1, 0.15) is 57.1 Å². The fourth-order valence-corrected chi connectivity index (χ4v) is 4.52. The molecule has 0 radical (unpaired) electrons. The molecule has 0 amide bonds. The SMILES string of the molecule is CCC(=O)C(C[C@H](C)N1CCCCC1)(c1ccccc1)c1ccccc1. The minimum Gasteiger partial charge on any atom is -0.301 e. The van der Waals surface area contributed by atoms with E-state index in [-0.39, 0.29) is 0 Å². The van der Waals surface area contributed by atoms with Crippen LogP contribution in [0.2, 0.25) is 0 Å². The minimum atomic E-state index is -0.561. The molecule has 1 aliphatic rings. The highest BCUT2D eigenvalue weighted by molar-refractivity contribution is 5.93. The molecule has 2 nitrogen and oxygen atoms in total. The van der Waals surface area contributed by atoms with Gasteiger partial charge in [0.2, 0.25) is 0 Å². The van der Waals surface area contributed by atoms with Crippen molar-refractivity contribution in [2.75, 3.05) is 13.1 Å². The number of piperidine rings is 1. The van der Waals surface area contributed by atoms with E-state index in [4.69, 9.17) is 0 Å². The number of likely N-dealkylation sites (tertiary alicyclic amines) is 1. The van der Waals surface area contributed by atoms with Gasteiger partial charge in [-0.25, -0.2) is 0 Å². The molecule has 1 atom stereocenters. The van der Waals surface area contributed by atoms with E-state index >= 15 is 0 Å². The van der Waals surface area contributed by atoms with Crippen LogP contribution in [-0.4, -0.2) is 29.8 Å². The summed E-state index contributed by atoms with van der Waals surface area (Å²) in [4.78, 5) is 16.0. The molecule has 3 rings (SSSR count). The Labute approximate surface area is 158 Å². The van der Waals surface area contributed by atoms with Crippen LogP contribution in [-0.2, 0) is 10.2 Å². The monoisotopic (exact) mass is 349 g/mol. The summed E-state index contributed by atoms with van der Waals surface area (Å²) >= 11 is 0. The third-order valence-corrected chi connectivity index (χ3v) is 5.95. The number of Topliss-reactive ketones (excluding diaryl/α,β-unsaturated/α-hetero) is 1. The summed E-state index contributed by atoms with van der Waals surface area (Å²) in [6.07, 6.45) is 5.27. The van der Waals surface area contributed by atoms with Crippen LogP contribution in [0.15, 0.2) is 60.7 Å². The van der Waals surface area contributed by atoms with E-state index in [0.717, 1.165) is 30.6 Å². The molecule has 0 aromatic heterocycles. The van der Waals surface area contributed by atoms with E-state index < -0.39 is 5.41 Å². The Kier molecular flexibility index (Phi) is 6.26. The van der Waals surface area contributed by atoms with Crippen molar-refractivity contribution in [3.63, 3.8) is 0 Å². The molecule has 1 fully saturated rings. The zero-order chi connectivity index (χ0) is 18.4. The Morgan fingerprint density at radius 1 is 0.923 bits per heavy atom. The highest BCUT2D eigenvalue weighted by atomic mass is 16.1. The third-order valence-electron chi connectivity index (χ3n) is 5.95. The first-order chi connectivity index (χ1) is 12.7. The second-order valence-corrected chi connectivity index (χ2v) is 7.56. The average Bonchev–Trinajstić information content (AvgIpc) is 2.73. The quantitative estimate of drug-likeness (QED) is 0.683. The van der Waals surface area contributed by atoms with Crippen LogP contribution in [0.4, 0.5) is 0 Å². The Morgan fingerprint density at radius 2 is 1.42 bits per heavy atom. The lowest BCUT2D eigenvalue weighted by atomic mass is 9.66. The van der Waals surface area contributed by atoms with Crippen molar-refractivity contribution in [2.24, 2.45) is 0 Å². The lowest BCUT2D eigenvalue weighted by Gasteiger charge is -2.40. The zero-order valence-corrected chi connectivity index (χ0v) is 16.2. The fraction of sp³-hybridized carbons (Fsp3) is 0.458. The molecule has 1 aliphatic heterocycles. The van der Waals surface area contributed by atoms with Crippen LogP contribution in [0.25, 0.3) is 0 Å². The molecule has 1 heterocycles. The van der Waals surface area contributed by atoms with Gasteiger partial charge in [-0.1, -0.05) is 74.0 Å². The maximum absolute atomic E-state index is 13.4. The average molecular weight is 350 g/mol. The Morgan fingerprint density at radius 3 is 1.88 bits per heavy atom. The molecular formula is C24H31NO.